The molecule has 5 nitrogen and oxygen atoms in total. The van der Waals surface area contributed by atoms with Gasteiger partial charge in [0.05, 0.1) is 5.02 Å². The Kier molecular flexibility index (Phi) is 5.44. The minimum atomic E-state index is -0.302. The van der Waals surface area contributed by atoms with Crippen LogP contribution in [0.1, 0.15) is 36.0 Å². The third-order valence-corrected chi connectivity index (χ3v) is 3.85. The number of amides is 2. The van der Waals surface area contributed by atoms with Crippen LogP contribution in [0.15, 0.2) is 18.2 Å². The lowest BCUT2D eigenvalue weighted by molar-refractivity contribution is -0.131. The zero-order chi connectivity index (χ0) is 15.2. The molecule has 114 valence electrons. The minimum absolute atomic E-state index is 0.0616. The number of hydrogen-bond acceptors (Lipinski definition) is 3. The Balaban J connectivity index is 1.78. The smallest absolute Gasteiger partial charge is 0.251 e. The Morgan fingerprint density at radius 1 is 1.24 bits per heavy atom. The van der Waals surface area contributed by atoms with Crippen molar-refractivity contribution in [2.45, 2.75) is 25.7 Å². The average molecular weight is 311 g/mol. The van der Waals surface area contributed by atoms with E-state index in [9.17, 15) is 14.7 Å². The first kappa shape index (κ1) is 15.6. The van der Waals surface area contributed by atoms with Crippen LogP contribution in [0.2, 0.25) is 5.02 Å². The molecule has 2 N–H and O–H groups in total. The van der Waals surface area contributed by atoms with Crippen LogP contribution in [-0.4, -0.2) is 41.5 Å². The second-order valence-electron chi connectivity index (χ2n) is 5.11. The van der Waals surface area contributed by atoms with Crippen LogP contribution < -0.4 is 5.32 Å². The molecule has 1 aromatic carbocycles. The number of likely N-dealkylation sites (tertiary alicyclic amines) is 1. The van der Waals surface area contributed by atoms with Gasteiger partial charge in [-0.25, -0.2) is 0 Å². The molecular formula is C15H19ClN2O3. The standard InChI is InChI=1S/C15H19ClN2O3/c16-12-10-11(4-5-13(12)19)15(21)17-7-6-14(20)18-8-2-1-3-9-18/h4-5,10,19H,1-3,6-9H2,(H,17,21). The topological polar surface area (TPSA) is 69.6 Å². The van der Waals surface area contributed by atoms with Crippen LogP contribution in [0.4, 0.5) is 0 Å². The average Bonchev–Trinajstić information content (AvgIpc) is 2.50. The van der Waals surface area contributed by atoms with Crippen LogP contribution in [-0.2, 0) is 4.79 Å². The molecule has 1 fully saturated rings. The summed E-state index contributed by atoms with van der Waals surface area (Å²) in [5.41, 5.74) is 0.364. The highest BCUT2D eigenvalue weighted by molar-refractivity contribution is 6.32. The summed E-state index contributed by atoms with van der Waals surface area (Å²) in [6.45, 7) is 1.94. The van der Waals surface area contributed by atoms with E-state index in [0.29, 0.717) is 18.5 Å². The molecule has 1 aliphatic heterocycles. The number of rotatable bonds is 4. The molecule has 2 rings (SSSR count). The SMILES string of the molecule is O=C(NCCC(=O)N1CCCCC1)c1ccc(O)c(Cl)c1. The van der Waals surface area contributed by atoms with Gasteiger partial charge in [0.2, 0.25) is 5.91 Å². The van der Waals surface area contributed by atoms with Crippen LogP contribution >= 0.6 is 11.6 Å². The molecule has 1 aliphatic rings. The molecule has 0 aliphatic carbocycles. The second-order valence-corrected chi connectivity index (χ2v) is 5.52. The highest BCUT2D eigenvalue weighted by Gasteiger charge is 2.16. The number of phenols is 1. The molecule has 0 aromatic heterocycles. The van der Waals surface area contributed by atoms with E-state index in [1.807, 2.05) is 4.90 Å². The van der Waals surface area contributed by atoms with Crippen LogP contribution in [0.5, 0.6) is 5.75 Å². The molecule has 0 bridgehead atoms. The van der Waals surface area contributed by atoms with Crippen molar-refractivity contribution in [3.05, 3.63) is 28.8 Å². The van der Waals surface area contributed by atoms with E-state index in [1.165, 1.54) is 24.6 Å². The van der Waals surface area contributed by atoms with Gasteiger partial charge in [-0.3, -0.25) is 9.59 Å². The van der Waals surface area contributed by atoms with Crippen molar-refractivity contribution < 1.29 is 14.7 Å². The fourth-order valence-corrected chi connectivity index (χ4v) is 2.52. The van der Waals surface area contributed by atoms with E-state index < -0.39 is 0 Å². The molecule has 0 saturated carbocycles. The zero-order valence-corrected chi connectivity index (χ0v) is 12.5. The Labute approximate surface area is 128 Å². The van der Waals surface area contributed by atoms with E-state index in [-0.39, 0.29) is 22.6 Å². The van der Waals surface area contributed by atoms with Gasteiger partial charge >= 0.3 is 0 Å². The van der Waals surface area contributed by atoms with E-state index in [0.717, 1.165) is 25.9 Å². The third-order valence-electron chi connectivity index (χ3n) is 3.54. The Morgan fingerprint density at radius 2 is 1.95 bits per heavy atom. The summed E-state index contributed by atoms with van der Waals surface area (Å²) < 4.78 is 0. The Hall–Kier alpha value is -1.75. The molecule has 0 atom stereocenters. The van der Waals surface area contributed by atoms with Gasteiger partial charge in [0.25, 0.3) is 5.91 Å². The summed E-state index contributed by atoms with van der Waals surface area (Å²) in [5.74, 6) is -0.282. The highest BCUT2D eigenvalue weighted by Crippen LogP contribution is 2.23. The van der Waals surface area contributed by atoms with Crippen molar-refractivity contribution in [3.8, 4) is 5.75 Å². The lowest BCUT2D eigenvalue weighted by Crippen LogP contribution is -2.37. The molecule has 1 aromatic rings. The lowest BCUT2D eigenvalue weighted by atomic mass is 10.1. The number of benzene rings is 1. The largest absolute Gasteiger partial charge is 0.506 e. The summed E-state index contributed by atoms with van der Waals surface area (Å²) in [7, 11) is 0. The molecule has 0 unspecified atom stereocenters. The number of carbonyl (C=O) groups excluding carboxylic acids is 2. The summed E-state index contributed by atoms with van der Waals surface area (Å²) in [6, 6.07) is 4.26. The van der Waals surface area contributed by atoms with Gasteiger partial charge in [0.15, 0.2) is 0 Å². The maximum absolute atomic E-state index is 11.9. The maximum Gasteiger partial charge on any atom is 0.251 e. The molecule has 0 spiro atoms. The lowest BCUT2D eigenvalue weighted by Gasteiger charge is -2.26. The van der Waals surface area contributed by atoms with Crippen molar-refractivity contribution in [1.82, 2.24) is 10.2 Å². The number of carbonyl (C=O) groups is 2. The molecule has 0 radical (unpaired) electrons. The normalized spacial score (nSPS) is 14.8. The summed E-state index contributed by atoms with van der Waals surface area (Å²) in [4.78, 5) is 25.7. The zero-order valence-electron chi connectivity index (χ0n) is 11.8. The van der Waals surface area contributed by atoms with Crippen molar-refractivity contribution in [2.24, 2.45) is 0 Å². The summed E-state index contributed by atoms with van der Waals surface area (Å²) >= 11 is 5.75. The van der Waals surface area contributed by atoms with Gasteiger partial charge < -0.3 is 15.3 Å². The Morgan fingerprint density at radius 3 is 2.62 bits per heavy atom. The first-order valence-corrected chi connectivity index (χ1v) is 7.50. The van der Waals surface area contributed by atoms with Gasteiger partial charge in [-0.2, -0.15) is 0 Å². The van der Waals surface area contributed by atoms with Gasteiger partial charge in [-0.05, 0) is 37.5 Å². The molecule has 2 amide bonds. The number of piperidine rings is 1. The van der Waals surface area contributed by atoms with Crippen molar-refractivity contribution in [3.63, 3.8) is 0 Å². The van der Waals surface area contributed by atoms with Crippen LogP contribution in [0, 0.1) is 0 Å². The second kappa shape index (κ2) is 7.31. The minimum Gasteiger partial charge on any atom is -0.506 e. The predicted octanol–water partition coefficient (Wildman–Crippen LogP) is 2.18. The van der Waals surface area contributed by atoms with E-state index in [2.05, 4.69) is 5.32 Å². The Bertz CT molecular complexity index is 528. The van der Waals surface area contributed by atoms with E-state index in [4.69, 9.17) is 11.6 Å². The van der Waals surface area contributed by atoms with E-state index in [1.54, 1.807) is 0 Å². The summed E-state index contributed by atoms with van der Waals surface area (Å²) in [6.07, 6.45) is 3.61. The maximum atomic E-state index is 11.9. The first-order chi connectivity index (χ1) is 10.1. The van der Waals surface area contributed by atoms with Crippen molar-refractivity contribution in [2.75, 3.05) is 19.6 Å². The first-order valence-electron chi connectivity index (χ1n) is 7.12. The molecule has 21 heavy (non-hydrogen) atoms. The molecular weight excluding hydrogens is 292 g/mol. The molecule has 1 heterocycles. The van der Waals surface area contributed by atoms with E-state index >= 15 is 0 Å². The number of aromatic hydroxyl groups is 1. The van der Waals surface area contributed by atoms with Crippen molar-refractivity contribution in [1.29, 1.82) is 0 Å². The van der Waals surface area contributed by atoms with Gasteiger partial charge in [-0.15, -0.1) is 0 Å². The molecule has 6 heteroatoms. The highest BCUT2D eigenvalue weighted by atomic mass is 35.5. The van der Waals surface area contributed by atoms with Gasteiger partial charge in [0, 0.05) is 31.6 Å². The number of nitrogens with one attached hydrogen (secondary N) is 1. The number of nitrogens with zero attached hydrogens (tertiary/aromatic N) is 1. The number of halogens is 1. The van der Waals surface area contributed by atoms with Gasteiger partial charge in [0.1, 0.15) is 5.75 Å². The fraction of sp³-hybridized carbons (Fsp3) is 0.467. The van der Waals surface area contributed by atoms with Crippen molar-refractivity contribution >= 4 is 23.4 Å². The monoisotopic (exact) mass is 310 g/mol. The van der Waals surface area contributed by atoms with Crippen LogP contribution in [0.3, 0.4) is 0 Å². The molecule has 1 saturated heterocycles. The van der Waals surface area contributed by atoms with Crippen LogP contribution in [0.25, 0.3) is 0 Å². The predicted molar refractivity (Wildman–Crippen MR) is 80.5 cm³/mol. The fourth-order valence-electron chi connectivity index (χ4n) is 2.33. The number of hydrogen-bond donors (Lipinski definition) is 2. The quantitative estimate of drug-likeness (QED) is 0.895. The van der Waals surface area contributed by atoms with Gasteiger partial charge in [-0.1, -0.05) is 11.6 Å². The third kappa shape index (κ3) is 4.36. The number of phenolic OH excluding ortho intramolecular Hbond substituents is 1. The summed E-state index contributed by atoms with van der Waals surface area (Å²) in [5, 5.41) is 12.1.